The largest absolute Gasteiger partial charge is 0.472 e. The van der Waals surface area contributed by atoms with Crippen LogP contribution in [0, 0.1) is 0 Å². The number of amides is 1. The molecule has 1 atom stereocenters. The van der Waals surface area contributed by atoms with E-state index in [0.29, 0.717) is 13.1 Å². The van der Waals surface area contributed by atoms with Crippen LogP contribution in [0.2, 0.25) is 0 Å². The lowest BCUT2D eigenvalue weighted by Crippen LogP contribution is -2.46. The molecule has 5 nitrogen and oxygen atoms in total. The van der Waals surface area contributed by atoms with E-state index in [0.717, 1.165) is 11.1 Å². The monoisotopic (exact) mass is 264 g/mol. The van der Waals surface area contributed by atoms with Crippen LogP contribution >= 0.6 is 0 Å². The maximum atomic E-state index is 12.1. The van der Waals surface area contributed by atoms with E-state index in [1.165, 1.54) is 0 Å². The van der Waals surface area contributed by atoms with Gasteiger partial charge in [-0.25, -0.2) is 4.79 Å². The summed E-state index contributed by atoms with van der Waals surface area (Å²) >= 11 is 0. The molecule has 5 heteroatoms. The van der Waals surface area contributed by atoms with Gasteiger partial charge in [-0.05, 0) is 32.4 Å². The molecule has 2 N–H and O–H groups in total. The first-order valence-electron chi connectivity index (χ1n) is 6.32. The SMILES string of the molecule is CC(C)(C)OC(=O)N1CC(c2ccoc2)=CC(N)C1. The van der Waals surface area contributed by atoms with Crippen molar-refractivity contribution < 1.29 is 13.9 Å². The van der Waals surface area contributed by atoms with Gasteiger partial charge < -0.3 is 19.8 Å². The van der Waals surface area contributed by atoms with Crippen molar-refractivity contribution in [3.63, 3.8) is 0 Å². The van der Waals surface area contributed by atoms with E-state index in [-0.39, 0.29) is 12.1 Å². The van der Waals surface area contributed by atoms with Crippen molar-refractivity contribution in [1.29, 1.82) is 0 Å². The highest BCUT2D eigenvalue weighted by atomic mass is 16.6. The number of hydrogen-bond donors (Lipinski definition) is 1. The Labute approximate surface area is 113 Å². The molecule has 0 aliphatic carbocycles. The molecule has 2 rings (SSSR count). The number of carbonyl (C=O) groups is 1. The van der Waals surface area contributed by atoms with Gasteiger partial charge in [0.2, 0.25) is 0 Å². The Morgan fingerprint density at radius 3 is 2.84 bits per heavy atom. The van der Waals surface area contributed by atoms with Gasteiger partial charge in [-0.3, -0.25) is 0 Å². The van der Waals surface area contributed by atoms with Gasteiger partial charge in [0.15, 0.2) is 0 Å². The molecule has 2 heterocycles. The fourth-order valence-corrected chi connectivity index (χ4v) is 1.99. The molecule has 0 spiro atoms. The summed E-state index contributed by atoms with van der Waals surface area (Å²) in [5.41, 5.74) is 7.40. The summed E-state index contributed by atoms with van der Waals surface area (Å²) in [7, 11) is 0. The highest BCUT2D eigenvalue weighted by Gasteiger charge is 2.27. The quantitative estimate of drug-likeness (QED) is 0.844. The average molecular weight is 264 g/mol. The van der Waals surface area contributed by atoms with Gasteiger partial charge in [0, 0.05) is 24.7 Å². The second-order valence-corrected chi connectivity index (χ2v) is 5.73. The lowest BCUT2D eigenvalue weighted by atomic mass is 10.0. The topological polar surface area (TPSA) is 68.7 Å². The number of ether oxygens (including phenoxy) is 1. The molecule has 0 bridgehead atoms. The molecule has 1 amide bonds. The van der Waals surface area contributed by atoms with Gasteiger partial charge in [0.25, 0.3) is 0 Å². The van der Waals surface area contributed by atoms with Crippen LogP contribution in [0.15, 0.2) is 29.1 Å². The van der Waals surface area contributed by atoms with Gasteiger partial charge >= 0.3 is 6.09 Å². The maximum Gasteiger partial charge on any atom is 0.410 e. The van der Waals surface area contributed by atoms with E-state index >= 15 is 0 Å². The van der Waals surface area contributed by atoms with Crippen molar-refractivity contribution in [2.24, 2.45) is 5.73 Å². The normalized spacial score (nSPS) is 20.1. The number of nitrogens with zero attached hydrogens (tertiary/aromatic N) is 1. The molecule has 1 aliphatic rings. The first-order chi connectivity index (χ1) is 8.85. The first kappa shape index (κ1) is 13.7. The van der Waals surface area contributed by atoms with E-state index in [4.69, 9.17) is 14.9 Å². The fraction of sp³-hybridized carbons (Fsp3) is 0.500. The predicted molar refractivity (Wildman–Crippen MR) is 72.5 cm³/mol. The van der Waals surface area contributed by atoms with Gasteiger partial charge in [0.1, 0.15) is 5.60 Å². The Balaban J connectivity index is 2.10. The summed E-state index contributed by atoms with van der Waals surface area (Å²) < 4.78 is 10.4. The first-order valence-corrected chi connectivity index (χ1v) is 6.32. The number of hydrogen-bond acceptors (Lipinski definition) is 4. The molecule has 104 valence electrons. The summed E-state index contributed by atoms with van der Waals surface area (Å²) in [6.07, 6.45) is 4.88. The van der Waals surface area contributed by atoms with Crippen molar-refractivity contribution in [3.05, 3.63) is 30.2 Å². The second-order valence-electron chi connectivity index (χ2n) is 5.73. The molecule has 0 fully saturated rings. The maximum absolute atomic E-state index is 12.1. The van der Waals surface area contributed by atoms with Crippen LogP contribution in [-0.2, 0) is 4.74 Å². The predicted octanol–water partition coefficient (Wildman–Crippen LogP) is 2.24. The third kappa shape index (κ3) is 3.61. The van der Waals surface area contributed by atoms with Crippen molar-refractivity contribution in [2.45, 2.75) is 32.4 Å². The molecular weight excluding hydrogens is 244 g/mol. The molecule has 1 aromatic heterocycles. The van der Waals surface area contributed by atoms with E-state index < -0.39 is 5.60 Å². The van der Waals surface area contributed by atoms with Crippen LogP contribution in [0.1, 0.15) is 26.3 Å². The Hall–Kier alpha value is -1.75. The van der Waals surface area contributed by atoms with Gasteiger partial charge in [-0.15, -0.1) is 0 Å². The fourth-order valence-electron chi connectivity index (χ4n) is 1.99. The minimum Gasteiger partial charge on any atom is -0.472 e. The molecule has 19 heavy (non-hydrogen) atoms. The van der Waals surface area contributed by atoms with Crippen molar-refractivity contribution in [1.82, 2.24) is 4.90 Å². The zero-order chi connectivity index (χ0) is 14.0. The summed E-state index contributed by atoms with van der Waals surface area (Å²) in [6, 6.07) is 1.67. The summed E-state index contributed by atoms with van der Waals surface area (Å²) in [6.45, 7) is 6.50. The van der Waals surface area contributed by atoms with E-state index in [1.807, 2.05) is 32.9 Å². The summed E-state index contributed by atoms with van der Waals surface area (Å²) in [4.78, 5) is 13.7. The van der Waals surface area contributed by atoms with Crippen molar-refractivity contribution in [2.75, 3.05) is 13.1 Å². The van der Waals surface area contributed by atoms with E-state index in [2.05, 4.69) is 0 Å². The Kier molecular flexibility index (Phi) is 3.66. The molecule has 1 unspecified atom stereocenters. The average Bonchev–Trinajstić information content (AvgIpc) is 2.79. The zero-order valence-electron chi connectivity index (χ0n) is 11.6. The van der Waals surface area contributed by atoms with Crippen molar-refractivity contribution >= 4 is 11.7 Å². The minimum absolute atomic E-state index is 0.189. The number of nitrogens with two attached hydrogens (primary N) is 1. The second kappa shape index (κ2) is 5.09. The van der Waals surface area contributed by atoms with Gasteiger partial charge in [-0.1, -0.05) is 6.08 Å². The summed E-state index contributed by atoms with van der Waals surface area (Å²) in [5, 5.41) is 0. The standard InChI is InChI=1S/C14H20N2O3/c1-14(2,3)19-13(17)16-7-11(6-12(15)8-16)10-4-5-18-9-10/h4-6,9,12H,7-8,15H2,1-3H3. The molecule has 0 aromatic carbocycles. The minimum atomic E-state index is -0.502. The zero-order valence-corrected chi connectivity index (χ0v) is 11.6. The Morgan fingerprint density at radius 2 is 2.26 bits per heavy atom. The molecular formula is C14H20N2O3. The number of carbonyl (C=O) groups excluding carboxylic acids is 1. The molecule has 0 saturated carbocycles. The third-order valence-corrected chi connectivity index (χ3v) is 2.75. The molecule has 1 aromatic rings. The Morgan fingerprint density at radius 1 is 1.53 bits per heavy atom. The Bertz CT molecular complexity index is 471. The van der Waals surface area contributed by atoms with Crippen LogP contribution in [0.5, 0.6) is 0 Å². The number of furan rings is 1. The summed E-state index contributed by atoms with van der Waals surface area (Å²) in [5.74, 6) is 0. The molecule has 1 aliphatic heterocycles. The van der Waals surface area contributed by atoms with E-state index in [1.54, 1.807) is 17.4 Å². The lowest BCUT2D eigenvalue weighted by molar-refractivity contribution is 0.0265. The highest BCUT2D eigenvalue weighted by molar-refractivity contribution is 5.75. The molecule has 0 saturated heterocycles. The van der Waals surface area contributed by atoms with Crippen LogP contribution in [-0.4, -0.2) is 35.7 Å². The van der Waals surface area contributed by atoms with Crippen molar-refractivity contribution in [3.8, 4) is 0 Å². The third-order valence-electron chi connectivity index (χ3n) is 2.75. The van der Waals surface area contributed by atoms with Crippen LogP contribution < -0.4 is 5.73 Å². The van der Waals surface area contributed by atoms with E-state index in [9.17, 15) is 4.79 Å². The smallest absolute Gasteiger partial charge is 0.410 e. The highest BCUT2D eigenvalue weighted by Crippen LogP contribution is 2.22. The molecule has 0 radical (unpaired) electrons. The van der Waals surface area contributed by atoms with Crippen LogP contribution in [0.4, 0.5) is 4.79 Å². The van der Waals surface area contributed by atoms with Gasteiger partial charge in [0.05, 0.1) is 12.5 Å². The van der Waals surface area contributed by atoms with Crippen LogP contribution in [0.25, 0.3) is 5.57 Å². The lowest BCUT2D eigenvalue weighted by Gasteiger charge is -2.32. The number of rotatable bonds is 1. The van der Waals surface area contributed by atoms with Crippen LogP contribution in [0.3, 0.4) is 0 Å². The van der Waals surface area contributed by atoms with Gasteiger partial charge in [-0.2, -0.15) is 0 Å².